The zero-order valence-electron chi connectivity index (χ0n) is 17.6. The number of nitrogen functional groups attached to an aromatic ring is 1. The van der Waals surface area contributed by atoms with E-state index in [4.69, 9.17) is 5.73 Å². The summed E-state index contributed by atoms with van der Waals surface area (Å²) in [5, 5.41) is 2.40. The standard InChI is InChI=1S/C20H18F3N5O6/c1-19(9-2-6-11(7-3-9)34-20(21,22)23)16(31)27(18(33)26-19)8-12(29)13-14(24)28(10-4-5-10)17(32)25-15(13)30/h2-3,6-7,10H,4-5,8,24H2,1H3,(H,26,33)(H,25,30,32). The molecule has 2 aliphatic rings. The van der Waals surface area contributed by atoms with Crippen LogP contribution in [-0.2, 0) is 10.3 Å². The van der Waals surface area contributed by atoms with E-state index in [1.165, 1.54) is 19.1 Å². The first-order chi connectivity index (χ1) is 15.8. The molecule has 34 heavy (non-hydrogen) atoms. The van der Waals surface area contributed by atoms with Crippen molar-refractivity contribution >= 4 is 23.5 Å². The van der Waals surface area contributed by atoms with Gasteiger partial charge in [0.15, 0.2) is 5.78 Å². The summed E-state index contributed by atoms with van der Waals surface area (Å²) in [6.07, 6.45) is -3.62. The molecule has 2 heterocycles. The number of urea groups is 1. The highest BCUT2D eigenvalue weighted by Gasteiger charge is 2.50. The number of amides is 3. The van der Waals surface area contributed by atoms with Crippen molar-refractivity contribution in [2.45, 2.75) is 37.7 Å². The van der Waals surface area contributed by atoms with Crippen LogP contribution in [0, 0.1) is 0 Å². The number of ether oxygens (including phenoxy) is 1. The molecule has 1 unspecified atom stereocenters. The average molecular weight is 481 g/mol. The van der Waals surface area contributed by atoms with Crippen molar-refractivity contribution in [3.05, 3.63) is 56.2 Å². The average Bonchev–Trinajstić information content (AvgIpc) is 3.51. The van der Waals surface area contributed by atoms with Gasteiger partial charge in [-0.2, -0.15) is 0 Å². The molecule has 1 atom stereocenters. The van der Waals surface area contributed by atoms with E-state index in [0.717, 1.165) is 16.7 Å². The Morgan fingerprint density at radius 2 is 1.79 bits per heavy atom. The van der Waals surface area contributed by atoms with E-state index in [1.807, 2.05) is 4.98 Å². The minimum atomic E-state index is -4.90. The maximum atomic E-state index is 13.0. The van der Waals surface area contributed by atoms with Gasteiger partial charge in [-0.25, -0.2) is 9.59 Å². The lowest BCUT2D eigenvalue weighted by atomic mass is 9.92. The van der Waals surface area contributed by atoms with Crippen LogP contribution in [-0.4, -0.2) is 45.1 Å². The molecule has 4 rings (SSSR count). The number of carbonyl (C=O) groups is 3. The van der Waals surface area contributed by atoms with Crippen LogP contribution in [0.5, 0.6) is 5.75 Å². The van der Waals surface area contributed by atoms with Crippen LogP contribution in [0.1, 0.15) is 41.7 Å². The van der Waals surface area contributed by atoms with Gasteiger partial charge in [-0.15, -0.1) is 13.2 Å². The lowest BCUT2D eigenvalue weighted by molar-refractivity contribution is -0.274. The quantitative estimate of drug-likeness (QED) is 0.410. The Morgan fingerprint density at radius 1 is 1.18 bits per heavy atom. The van der Waals surface area contributed by atoms with E-state index in [1.54, 1.807) is 0 Å². The highest BCUT2D eigenvalue weighted by atomic mass is 19.4. The molecule has 14 heteroatoms. The van der Waals surface area contributed by atoms with E-state index in [0.29, 0.717) is 17.7 Å². The van der Waals surface area contributed by atoms with E-state index in [-0.39, 0.29) is 17.4 Å². The Morgan fingerprint density at radius 3 is 2.35 bits per heavy atom. The summed E-state index contributed by atoms with van der Waals surface area (Å²) in [7, 11) is 0. The van der Waals surface area contributed by atoms with Gasteiger partial charge in [0.05, 0.1) is 6.54 Å². The molecule has 1 aromatic carbocycles. The molecule has 2 fully saturated rings. The predicted octanol–water partition coefficient (Wildman–Crippen LogP) is 1.00. The fraction of sp³-hybridized carbons (Fsp3) is 0.350. The van der Waals surface area contributed by atoms with Crippen LogP contribution in [0.25, 0.3) is 0 Å². The van der Waals surface area contributed by atoms with Crippen molar-refractivity contribution in [2.75, 3.05) is 12.3 Å². The second-order valence-electron chi connectivity index (χ2n) is 8.06. The molecular formula is C20H18F3N5O6. The number of anilines is 1. The summed E-state index contributed by atoms with van der Waals surface area (Å²) in [4.78, 5) is 65.2. The number of hydrogen-bond acceptors (Lipinski definition) is 7. The Labute approximate surface area is 188 Å². The molecule has 3 amide bonds. The normalized spacial score (nSPS) is 20.4. The molecule has 2 aromatic rings. The molecular weight excluding hydrogens is 463 g/mol. The van der Waals surface area contributed by atoms with Crippen LogP contribution in [0.15, 0.2) is 33.9 Å². The molecule has 0 bridgehead atoms. The fourth-order valence-electron chi connectivity index (χ4n) is 3.78. The van der Waals surface area contributed by atoms with Crippen molar-refractivity contribution in [1.29, 1.82) is 0 Å². The van der Waals surface area contributed by atoms with Crippen LogP contribution >= 0.6 is 0 Å². The van der Waals surface area contributed by atoms with Gasteiger partial charge < -0.3 is 15.8 Å². The number of nitrogens with two attached hydrogens (primary N) is 1. The van der Waals surface area contributed by atoms with Gasteiger partial charge in [0, 0.05) is 6.04 Å². The monoisotopic (exact) mass is 481 g/mol. The molecule has 1 aliphatic carbocycles. The number of hydrogen-bond donors (Lipinski definition) is 3. The SMILES string of the molecule is CC1(c2ccc(OC(F)(F)F)cc2)NC(=O)N(CC(=O)c2c(N)n(C3CC3)c(=O)[nH]c2=O)C1=O. The molecule has 0 radical (unpaired) electrons. The number of halogens is 3. The summed E-state index contributed by atoms with van der Waals surface area (Å²) in [5.41, 5.74) is 1.99. The number of nitrogens with zero attached hydrogens (tertiary/aromatic N) is 2. The van der Waals surface area contributed by atoms with Gasteiger partial charge in [-0.1, -0.05) is 12.1 Å². The van der Waals surface area contributed by atoms with Gasteiger partial charge in [0.25, 0.3) is 11.5 Å². The van der Waals surface area contributed by atoms with Crippen LogP contribution in [0.3, 0.4) is 0 Å². The number of benzene rings is 1. The van der Waals surface area contributed by atoms with Crippen molar-refractivity contribution in [1.82, 2.24) is 19.8 Å². The molecule has 1 aliphatic heterocycles. The first kappa shape index (κ1) is 23.1. The first-order valence-corrected chi connectivity index (χ1v) is 9.99. The number of nitrogens with one attached hydrogen (secondary N) is 2. The number of Topliss-reactive ketones (excluding diaryl/α,β-unsaturated/α-hetero) is 1. The maximum Gasteiger partial charge on any atom is 0.573 e. The minimum absolute atomic E-state index is 0.134. The van der Waals surface area contributed by atoms with Crippen LogP contribution in [0.4, 0.5) is 23.8 Å². The molecule has 180 valence electrons. The summed E-state index contributed by atoms with van der Waals surface area (Å²) in [6.45, 7) is 0.470. The minimum Gasteiger partial charge on any atom is -0.406 e. The number of carbonyl (C=O) groups excluding carboxylic acids is 3. The Kier molecular flexibility index (Phi) is 5.25. The van der Waals surface area contributed by atoms with Crippen LogP contribution < -0.4 is 27.0 Å². The number of aromatic amines is 1. The van der Waals surface area contributed by atoms with Crippen molar-refractivity contribution in [3.63, 3.8) is 0 Å². The van der Waals surface area contributed by atoms with Gasteiger partial charge >= 0.3 is 18.1 Å². The first-order valence-electron chi connectivity index (χ1n) is 9.99. The molecule has 4 N–H and O–H groups in total. The van der Waals surface area contributed by atoms with E-state index in [2.05, 4.69) is 10.1 Å². The Balaban J connectivity index is 1.58. The van der Waals surface area contributed by atoms with Gasteiger partial charge in [-0.3, -0.25) is 28.8 Å². The number of ketones is 1. The lowest BCUT2D eigenvalue weighted by Gasteiger charge is -2.22. The zero-order valence-corrected chi connectivity index (χ0v) is 17.6. The van der Waals surface area contributed by atoms with Crippen molar-refractivity contribution in [2.24, 2.45) is 0 Å². The number of rotatable bonds is 6. The third-order valence-corrected chi connectivity index (χ3v) is 5.61. The molecule has 1 aromatic heterocycles. The largest absolute Gasteiger partial charge is 0.573 e. The highest BCUT2D eigenvalue weighted by molar-refractivity contribution is 6.12. The highest BCUT2D eigenvalue weighted by Crippen LogP contribution is 2.35. The summed E-state index contributed by atoms with van der Waals surface area (Å²) >= 11 is 0. The van der Waals surface area contributed by atoms with Crippen LogP contribution in [0.2, 0.25) is 0 Å². The third-order valence-electron chi connectivity index (χ3n) is 5.61. The van der Waals surface area contributed by atoms with Gasteiger partial charge in [0.1, 0.15) is 22.7 Å². The second-order valence-corrected chi connectivity index (χ2v) is 8.06. The number of aromatic nitrogens is 2. The summed E-state index contributed by atoms with van der Waals surface area (Å²) in [5.74, 6) is -2.71. The smallest absolute Gasteiger partial charge is 0.406 e. The Hall–Kier alpha value is -4.10. The van der Waals surface area contributed by atoms with E-state index in [9.17, 15) is 37.1 Å². The van der Waals surface area contributed by atoms with E-state index < -0.39 is 58.7 Å². The van der Waals surface area contributed by atoms with Crippen molar-refractivity contribution < 1.29 is 32.3 Å². The van der Waals surface area contributed by atoms with E-state index >= 15 is 0 Å². The van der Waals surface area contributed by atoms with Gasteiger partial charge in [-0.05, 0) is 37.5 Å². The zero-order chi connectivity index (χ0) is 25.0. The Bertz CT molecular complexity index is 1310. The fourth-order valence-corrected chi connectivity index (χ4v) is 3.78. The summed E-state index contributed by atoms with van der Waals surface area (Å²) < 4.78 is 42.0. The molecule has 0 spiro atoms. The summed E-state index contributed by atoms with van der Waals surface area (Å²) in [6, 6.07) is 3.07. The molecule has 1 saturated heterocycles. The number of alkyl halides is 3. The third kappa shape index (κ3) is 4.02. The number of H-pyrrole nitrogens is 1. The molecule has 1 saturated carbocycles. The van der Waals surface area contributed by atoms with Crippen molar-refractivity contribution in [3.8, 4) is 5.75 Å². The topological polar surface area (TPSA) is 157 Å². The molecule has 11 nitrogen and oxygen atoms in total. The maximum absolute atomic E-state index is 13.0. The van der Waals surface area contributed by atoms with Gasteiger partial charge in [0.2, 0.25) is 0 Å². The number of imide groups is 1. The predicted molar refractivity (Wildman–Crippen MR) is 109 cm³/mol. The second kappa shape index (κ2) is 7.74. The lowest BCUT2D eigenvalue weighted by Crippen LogP contribution is -2.42.